The zero-order valence-electron chi connectivity index (χ0n) is 10.2. The number of rotatable bonds is 4. The quantitative estimate of drug-likeness (QED) is 0.559. The summed E-state index contributed by atoms with van der Waals surface area (Å²) in [6, 6.07) is 0. The molecule has 1 saturated carbocycles. The largest absolute Gasteiger partial charge is 0.300 e. The van der Waals surface area contributed by atoms with E-state index in [0.29, 0.717) is 6.42 Å². The lowest BCUT2D eigenvalue weighted by Gasteiger charge is -2.25. The number of carbonyl (C=O) groups is 2. The van der Waals surface area contributed by atoms with Crippen molar-refractivity contribution in [3.63, 3.8) is 0 Å². The van der Waals surface area contributed by atoms with Gasteiger partial charge in [0.05, 0.1) is 0 Å². The number of nitrogens with zero attached hydrogens (tertiary/aromatic N) is 1. The molecule has 1 aliphatic carbocycles. The highest BCUT2D eigenvalue weighted by Gasteiger charge is 2.49. The van der Waals surface area contributed by atoms with E-state index in [0.717, 1.165) is 19.3 Å². The maximum atomic E-state index is 12.0. The first-order valence-electron chi connectivity index (χ1n) is 6.16. The van der Waals surface area contributed by atoms with E-state index in [4.69, 9.17) is 0 Å². The molecule has 5 heteroatoms. The first kappa shape index (κ1) is 13.8. The summed E-state index contributed by atoms with van der Waals surface area (Å²) in [6.07, 6.45) is 4.07. The number of hydrogen-bond acceptors (Lipinski definition) is 4. The molecule has 1 fully saturated rings. The van der Waals surface area contributed by atoms with Crippen molar-refractivity contribution in [1.82, 2.24) is 0 Å². The molecular weight excluding hydrogens is 222 g/mol. The van der Waals surface area contributed by atoms with Gasteiger partial charge in [-0.05, 0) is 19.8 Å². The van der Waals surface area contributed by atoms with Crippen LogP contribution in [0, 0.1) is 10.1 Å². The second-order valence-corrected chi connectivity index (χ2v) is 4.83. The van der Waals surface area contributed by atoms with Crippen LogP contribution in [0.2, 0.25) is 0 Å². The van der Waals surface area contributed by atoms with Crippen molar-refractivity contribution in [2.45, 2.75) is 63.8 Å². The van der Waals surface area contributed by atoms with E-state index in [9.17, 15) is 19.7 Å². The van der Waals surface area contributed by atoms with Gasteiger partial charge in [-0.1, -0.05) is 12.8 Å². The van der Waals surface area contributed by atoms with Gasteiger partial charge in [-0.2, -0.15) is 0 Å². The Hall–Kier alpha value is -1.26. The maximum absolute atomic E-state index is 12.0. The van der Waals surface area contributed by atoms with Crippen LogP contribution in [-0.2, 0) is 9.59 Å². The molecule has 0 spiro atoms. The Kier molecular flexibility index (Phi) is 4.78. The van der Waals surface area contributed by atoms with Gasteiger partial charge in [-0.15, -0.1) is 0 Å². The lowest BCUT2D eigenvalue weighted by molar-refractivity contribution is -0.554. The van der Waals surface area contributed by atoms with Gasteiger partial charge in [0.2, 0.25) is 5.78 Å². The fourth-order valence-corrected chi connectivity index (χ4v) is 2.36. The number of nitro groups is 1. The molecule has 0 bridgehead atoms. The Balaban J connectivity index is 2.87. The minimum absolute atomic E-state index is 0.0637. The van der Waals surface area contributed by atoms with Crippen LogP contribution in [-0.4, -0.2) is 22.0 Å². The average molecular weight is 241 g/mol. The van der Waals surface area contributed by atoms with Crippen LogP contribution in [0.1, 0.15) is 58.3 Å². The third kappa shape index (κ3) is 3.35. The molecule has 1 atom stereocenters. The molecular formula is C12H19NO4. The van der Waals surface area contributed by atoms with Crippen LogP contribution in [0.3, 0.4) is 0 Å². The molecule has 1 rings (SSSR count). The number of Topliss-reactive ketones (excluding diaryl/α,β-unsaturated/α-hetero) is 2. The highest BCUT2D eigenvalue weighted by molar-refractivity contribution is 5.88. The zero-order valence-corrected chi connectivity index (χ0v) is 10.2. The molecule has 0 aromatic carbocycles. The van der Waals surface area contributed by atoms with Gasteiger partial charge >= 0.3 is 0 Å². The van der Waals surface area contributed by atoms with E-state index in [1.807, 2.05) is 0 Å². The van der Waals surface area contributed by atoms with Crippen molar-refractivity contribution < 1.29 is 14.5 Å². The highest BCUT2D eigenvalue weighted by atomic mass is 16.6. The van der Waals surface area contributed by atoms with Crippen LogP contribution in [0.15, 0.2) is 0 Å². The van der Waals surface area contributed by atoms with Gasteiger partial charge in [-0.3, -0.25) is 14.9 Å². The van der Waals surface area contributed by atoms with E-state index in [-0.39, 0.29) is 37.2 Å². The van der Waals surface area contributed by atoms with Gasteiger partial charge in [-0.25, -0.2) is 0 Å². The van der Waals surface area contributed by atoms with Crippen LogP contribution < -0.4 is 0 Å². The second-order valence-electron chi connectivity index (χ2n) is 4.83. The summed E-state index contributed by atoms with van der Waals surface area (Å²) in [6.45, 7) is 1.40. The third-order valence-corrected chi connectivity index (χ3v) is 3.50. The highest BCUT2D eigenvalue weighted by Crippen LogP contribution is 2.30. The molecule has 1 unspecified atom stereocenters. The zero-order chi connectivity index (χ0) is 12.9. The Labute approximate surface area is 101 Å². The first-order valence-corrected chi connectivity index (χ1v) is 6.16. The summed E-state index contributed by atoms with van der Waals surface area (Å²) in [5.74, 6) is -0.385. The van der Waals surface area contributed by atoms with Crippen molar-refractivity contribution in [2.24, 2.45) is 0 Å². The molecule has 0 saturated heterocycles. The summed E-state index contributed by atoms with van der Waals surface area (Å²) in [7, 11) is 0. The summed E-state index contributed by atoms with van der Waals surface area (Å²) < 4.78 is 0. The van der Waals surface area contributed by atoms with E-state index < -0.39 is 10.5 Å². The van der Waals surface area contributed by atoms with Crippen LogP contribution in [0.5, 0.6) is 0 Å². The van der Waals surface area contributed by atoms with Gasteiger partial charge in [0.1, 0.15) is 5.78 Å². The third-order valence-electron chi connectivity index (χ3n) is 3.50. The van der Waals surface area contributed by atoms with Crippen LogP contribution >= 0.6 is 0 Å². The average Bonchev–Trinajstić information content (AvgIpc) is 2.23. The second kappa shape index (κ2) is 5.89. The Bertz CT molecular complexity index is 326. The summed E-state index contributed by atoms with van der Waals surface area (Å²) in [5.41, 5.74) is -1.49. The smallest absolute Gasteiger partial charge is 0.279 e. The molecule has 0 heterocycles. The standard InChI is InChI=1S/C12H19NO4/c1-10(14)7-9-12(13(16)17)8-5-3-2-4-6-11(12)15/h2-9H2,1H3. The van der Waals surface area contributed by atoms with Crippen LogP contribution in [0.4, 0.5) is 0 Å². The van der Waals surface area contributed by atoms with Gasteiger partial charge in [0, 0.05) is 30.6 Å². The lowest BCUT2D eigenvalue weighted by Crippen LogP contribution is -2.47. The van der Waals surface area contributed by atoms with Crippen molar-refractivity contribution in [3.05, 3.63) is 10.1 Å². The molecule has 0 N–H and O–H groups in total. The van der Waals surface area contributed by atoms with Gasteiger partial charge in [0.25, 0.3) is 5.54 Å². The molecule has 96 valence electrons. The maximum Gasteiger partial charge on any atom is 0.279 e. The fourth-order valence-electron chi connectivity index (χ4n) is 2.36. The van der Waals surface area contributed by atoms with Crippen molar-refractivity contribution in [3.8, 4) is 0 Å². The summed E-state index contributed by atoms with van der Waals surface area (Å²) in [5, 5.41) is 11.2. The fraction of sp³-hybridized carbons (Fsp3) is 0.833. The first-order chi connectivity index (χ1) is 7.99. The minimum atomic E-state index is -1.49. The number of hydrogen-bond donors (Lipinski definition) is 0. The Morgan fingerprint density at radius 3 is 2.59 bits per heavy atom. The SMILES string of the molecule is CC(=O)CCC1([N+](=O)[O-])CCCCCCC1=O. The van der Waals surface area contributed by atoms with E-state index in [2.05, 4.69) is 0 Å². The molecule has 0 aromatic heterocycles. The summed E-state index contributed by atoms with van der Waals surface area (Å²) in [4.78, 5) is 33.8. The van der Waals surface area contributed by atoms with Gasteiger partial charge in [0.15, 0.2) is 0 Å². The Morgan fingerprint density at radius 2 is 2.00 bits per heavy atom. The normalized spacial score (nSPS) is 26.1. The predicted octanol–water partition coefficient (Wildman–Crippen LogP) is 2.29. The van der Waals surface area contributed by atoms with E-state index in [1.54, 1.807) is 0 Å². The summed E-state index contributed by atoms with van der Waals surface area (Å²) >= 11 is 0. The number of ketones is 2. The van der Waals surface area contributed by atoms with Crippen molar-refractivity contribution in [2.75, 3.05) is 0 Å². The predicted molar refractivity (Wildman–Crippen MR) is 62.3 cm³/mol. The molecule has 5 nitrogen and oxygen atoms in total. The van der Waals surface area contributed by atoms with Crippen molar-refractivity contribution >= 4 is 11.6 Å². The molecule has 0 radical (unpaired) electrons. The topological polar surface area (TPSA) is 77.3 Å². The van der Waals surface area contributed by atoms with E-state index >= 15 is 0 Å². The molecule has 0 aromatic rings. The number of carbonyl (C=O) groups excluding carboxylic acids is 2. The lowest BCUT2D eigenvalue weighted by atomic mass is 9.79. The molecule has 0 aliphatic heterocycles. The Morgan fingerprint density at radius 1 is 1.35 bits per heavy atom. The monoisotopic (exact) mass is 241 g/mol. The molecule has 0 amide bonds. The molecule has 1 aliphatic rings. The van der Waals surface area contributed by atoms with E-state index in [1.165, 1.54) is 6.92 Å². The minimum Gasteiger partial charge on any atom is -0.300 e. The van der Waals surface area contributed by atoms with Crippen molar-refractivity contribution in [1.29, 1.82) is 0 Å². The van der Waals surface area contributed by atoms with Crippen LogP contribution in [0.25, 0.3) is 0 Å². The molecule has 17 heavy (non-hydrogen) atoms. The van der Waals surface area contributed by atoms with Gasteiger partial charge < -0.3 is 4.79 Å².